The molecule has 0 aromatic heterocycles. The standard InChI is InChI=1S/C12H17NO/c1-2-12(14)11(13)9-8-10-6-4-3-5-7-10/h2-7,11-12,14H,1,8-9,13H2/t11-,12-/m1/s1. The van der Waals surface area contributed by atoms with Crippen molar-refractivity contribution in [2.75, 3.05) is 0 Å². The molecule has 2 atom stereocenters. The second kappa shape index (κ2) is 5.58. The van der Waals surface area contributed by atoms with Crippen LogP contribution in [0.1, 0.15) is 12.0 Å². The van der Waals surface area contributed by atoms with Crippen LogP contribution in [0, 0.1) is 0 Å². The topological polar surface area (TPSA) is 46.2 Å². The van der Waals surface area contributed by atoms with Crippen LogP contribution in [0.3, 0.4) is 0 Å². The summed E-state index contributed by atoms with van der Waals surface area (Å²) >= 11 is 0. The van der Waals surface area contributed by atoms with Crippen LogP contribution < -0.4 is 5.73 Å². The zero-order chi connectivity index (χ0) is 10.4. The van der Waals surface area contributed by atoms with Crippen LogP contribution in [0.5, 0.6) is 0 Å². The Morgan fingerprint density at radius 2 is 2.00 bits per heavy atom. The number of hydrogen-bond acceptors (Lipinski definition) is 2. The lowest BCUT2D eigenvalue weighted by atomic mass is 10.0. The van der Waals surface area contributed by atoms with Gasteiger partial charge in [0.05, 0.1) is 6.10 Å². The molecule has 76 valence electrons. The summed E-state index contributed by atoms with van der Waals surface area (Å²) in [4.78, 5) is 0. The molecule has 1 rings (SSSR count). The van der Waals surface area contributed by atoms with Gasteiger partial charge in [0.2, 0.25) is 0 Å². The van der Waals surface area contributed by atoms with E-state index in [0.717, 1.165) is 12.8 Å². The molecule has 2 nitrogen and oxygen atoms in total. The van der Waals surface area contributed by atoms with Crippen molar-refractivity contribution >= 4 is 0 Å². The molecular formula is C12H17NO. The van der Waals surface area contributed by atoms with E-state index in [0.29, 0.717) is 0 Å². The maximum absolute atomic E-state index is 9.36. The number of aryl methyl sites for hydroxylation is 1. The maximum atomic E-state index is 9.36. The summed E-state index contributed by atoms with van der Waals surface area (Å²) in [5, 5.41) is 9.36. The Bertz CT molecular complexity index is 271. The molecule has 0 saturated heterocycles. The lowest BCUT2D eigenvalue weighted by molar-refractivity contribution is 0.187. The number of hydrogen-bond donors (Lipinski definition) is 2. The van der Waals surface area contributed by atoms with Crippen LogP contribution in [-0.2, 0) is 6.42 Å². The highest BCUT2D eigenvalue weighted by molar-refractivity contribution is 5.14. The highest BCUT2D eigenvalue weighted by atomic mass is 16.3. The minimum atomic E-state index is -0.598. The summed E-state index contributed by atoms with van der Waals surface area (Å²) in [6.45, 7) is 3.51. The van der Waals surface area contributed by atoms with Gasteiger partial charge in [0.25, 0.3) is 0 Å². The molecule has 0 heterocycles. The molecule has 1 aromatic carbocycles. The van der Waals surface area contributed by atoms with Crippen molar-refractivity contribution in [2.24, 2.45) is 5.73 Å². The van der Waals surface area contributed by atoms with E-state index in [1.165, 1.54) is 11.6 Å². The average molecular weight is 191 g/mol. The minimum Gasteiger partial charge on any atom is -0.387 e. The first-order valence-electron chi connectivity index (χ1n) is 4.84. The van der Waals surface area contributed by atoms with Crippen LogP contribution in [0.15, 0.2) is 43.0 Å². The second-order valence-electron chi connectivity index (χ2n) is 3.41. The smallest absolute Gasteiger partial charge is 0.0869 e. The number of aliphatic hydroxyl groups is 1. The Kier molecular flexibility index (Phi) is 4.36. The first-order chi connectivity index (χ1) is 6.74. The third kappa shape index (κ3) is 3.32. The quantitative estimate of drug-likeness (QED) is 0.693. The van der Waals surface area contributed by atoms with E-state index in [-0.39, 0.29) is 6.04 Å². The molecule has 0 unspecified atom stereocenters. The van der Waals surface area contributed by atoms with Crippen LogP contribution in [0.4, 0.5) is 0 Å². The normalized spacial score (nSPS) is 14.7. The molecule has 0 fully saturated rings. The second-order valence-corrected chi connectivity index (χ2v) is 3.41. The molecule has 0 aliphatic carbocycles. The van der Waals surface area contributed by atoms with Crippen molar-refractivity contribution in [3.05, 3.63) is 48.6 Å². The van der Waals surface area contributed by atoms with Gasteiger partial charge in [-0.3, -0.25) is 0 Å². The van der Waals surface area contributed by atoms with Crippen LogP contribution in [0.25, 0.3) is 0 Å². The zero-order valence-electron chi connectivity index (χ0n) is 8.26. The van der Waals surface area contributed by atoms with Gasteiger partial charge in [-0.25, -0.2) is 0 Å². The van der Waals surface area contributed by atoms with E-state index in [4.69, 9.17) is 5.73 Å². The highest BCUT2D eigenvalue weighted by Crippen LogP contribution is 2.06. The molecule has 2 heteroatoms. The van der Waals surface area contributed by atoms with Crippen LogP contribution >= 0.6 is 0 Å². The molecule has 0 amide bonds. The van der Waals surface area contributed by atoms with Crippen molar-refractivity contribution in [2.45, 2.75) is 25.0 Å². The Balaban J connectivity index is 2.37. The van der Waals surface area contributed by atoms with E-state index >= 15 is 0 Å². The molecule has 0 aliphatic heterocycles. The third-order valence-corrected chi connectivity index (χ3v) is 2.29. The predicted octanol–water partition coefficient (Wildman–Crippen LogP) is 1.49. The Labute approximate surface area is 85.1 Å². The number of benzene rings is 1. The van der Waals surface area contributed by atoms with Gasteiger partial charge in [0.15, 0.2) is 0 Å². The Hall–Kier alpha value is -1.12. The van der Waals surface area contributed by atoms with E-state index < -0.39 is 6.10 Å². The van der Waals surface area contributed by atoms with Gasteiger partial charge in [-0.1, -0.05) is 36.4 Å². The van der Waals surface area contributed by atoms with E-state index in [1.54, 1.807) is 0 Å². The highest BCUT2D eigenvalue weighted by Gasteiger charge is 2.10. The summed E-state index contributed by atoms with van der Waals surface area (Å²) in [6.07, 6.45) is 2.55. The lowest BCUT2D eigenvalue weighted by Gasteiger charge is -2.14. The van der Waals surface area contributed by atoms with E-state index in [1.807, 2.05) is 18.2 Å². The van der Waals surface area contributed by atoms with Gasteiger partial charge >= 0.3 is 0 Å². The molecule has 1 aromatic rings. The number of aliphatic hydroxyl groups excluding tert-OH is 1. The zero-order valence-corrected chi connectivity index (χ0v) is 8.26. The third-order valence-electron chi connectivity index (χ3n) is 2.29. The Morgan fingerprint density at radius 3 is 2.57 bits per heavy atom. The SMILES string of the molecule is C=C[C@@H](O)[C@H](N)CCc1ccccc1. The lowest BCUT2D eigenvalue weighted by Crippen LogP contribution is -2.33. The summed E-state index contributed by atoms with van der Waals surface area (Å²) in [6, 6.07) is 9.91. The molecule has 0 aliphatic rings. The van der Waals surface area contributed by atoms with Crippen molar-refractivity contribution in [3.63, 3.8) is 0 Å². The van der Waals surface area contributed by atoms with Crippen molar-refractivity contribution in [1.29, 1.82) is 0 Å². The molecule has 0 saturated carbocycles. The first-order valence-corrected chi connectivity index (χ1v) is 4.84. The van der Waals surface area contributed by atoms with Gasteiger partial charge in [0.1, 0.15) is 0 Å². The summed E-state index contributed by atoms with van der Waals surface area (Å²) in [5.41, 5.74) is 7.00. The van der Waals surface area contributed by atoms with Crippen molar-refractivity contribution in [3.8, 4) is 0 Å². The van der Waals surface area contributed by atoms with Gasteiger partial charge in [-0.2, -0.15) is 0 Å². The van der Waals surface area contributed by atoms with Gasteiger partial charge in [-0.15, -0.1) is 6.58 Å². The molecule has 14 heavy (non-hydrogen) atoms. The monoisotopic (exact) mass is 191 g/mol. The average Bonchev–Trinajstić information content (AvgIpc) is 2.26. The van der Waals surface area contributed by atoms with Gasteiger partial charge in [-0.05, 0) is 18.4 Å². The van der Waals surface area contributed by atoms with E-state index in [9.17, 15) is 5.11 Å². The number of rotatable bonds is 5. The molecule has 0 bridgehead atoms. The molecule has 0 spiro atoms. The van der Waals surface area contributed by atoms with Crippen molar-refractivity contribution in [1.82, 2.24) is 0 Å². The largest absolute Gasteiger partial charge is 0.387 e. The summed E-state index contributed by atoms with van der Waals surface area (Å²) < 4.78 is 0. The number of nitrogens with two attached hydrogens (primary N) is 1. The fraction of sp³-hybridized carbons (Fsp3) is 0.333. The van der Waals surface area contributed by atoms with Crippen LogP contribution in [-0.4, -0.2) is 17.3 Å². The van der Waals surface area contributed by atoms with Crippen LogP contribution in [0.2, 0.25) is 0 Å². The Morgan fingerprint density at radius 1 is 1.36 bits per heavy atom. The molecule has 3 N–H and O–H groups in total. The summed E-state index contributed by atoms with van der Waals surface area (Å²) in [7, 11) is 0. The predicted molar refractivity (Wildman–Crippen MR) is 58.9 cm³/mol. The first kappa shape index (κ1) is 11.0. The van der Waals surface area contributed by atoms with Gasteiger partial charge in [0, 0.05) is 6.04 Å². The maximum Gasteiger partial charge on any atom is 0.0869 e. The summed E-state index contributed by atoms with van der Waals surface area (Å²) in [5.74, 6) is 0. The van der Waals surface area contributed by atoms with E-state index in [2.05, 4.69) is 18.7 Å². The minimum absolute atomic E-state index is 0.215. The van der Waals surface area contributed by atoms with Gasteiger partial charge < -0.3 is 10.8 Å². The fourth-order valence-electron chi connectivity index (χ4n) is 1.32. The molecule has 0 radical (unpaired) electrons. The van der Waals surface area contributed by atoms with Crippen molar-refractivity contribution < 1.29 is 5.11 Å². The molecular weight excluding hydrogens is 174 g/mol. The fourth-order valence-corrected chi connectivity index (χ4v) is 1.32.